The number of hydrogen-bond acceptors (Lipinski definition) is 5. The van der Waals surface area contributed by atoms with Crippen molar-refractivity contribution in [3.63, 3.8) is 0 Å². The first-order valence-corrected chi connectivity index (χ1v) is 11.4. The van der Waals surface area contributed by atoms with Gasteiger partial charge in [-0.15, -0.1) is 0 Å². The van der Waals surface area contributed by atoms with E-state index >= 15 is 0 Å². The summed E-state index contributed by atoms with van der Waals surface area (Å²) in [6, 6.07) is 19.6. The molecule has 0 atom stereocenters. The minimum Gasteiger partial charge on any atom is -0.471 e. The van der Waals surface area contributed by atoms with Gasteiger partial charge in [-0.25, -0.2) is 14.3 Å². The lowest BCUT2D eigenvalue weighted by Crippen LogP contribution is -2.19. The predicted molar refractivity (Wildman–Crippen MR) is 133 cm³/mol. The molecule has 9 heteroatoms. The molecule has 0 unspecified atom stereocenters. The number of hydrogen-bond donors (Lipinski definition) is 1. The maximum Gasteiger partial charge on any atom is 0.246 e. The van der Waals surface area contributed by atoms with Crippen molar-refractivity contribution in [2.24, 2.45) is 0 Å². The number of ether oxygens (including phenoxy) is 1. The SMILES string of the molecule is Cc1nn(CC(=O)Nc2cnn(COc3ccc(Br)cc3)c2)c2nccc(-c3ccccc3)c12. The van der Waals surface area contributed by atoms with Gasteiger partial charge in [-0.3, -0.25) is 4.79 Å². The van der Waals surface area contributed by atoms with Crippen molar-refractivity contribution in [2.75, 3.05) is 5.32 Å². The maximum atomic E-state index is 12.7. The molecule has 0 aliphatic heterocycles. The van der Waals surface area contributed by atoms with Crippen LogP contribution in [0, 0.1) is 6.92 Å². The van der Waals surface area contributed by atoms with E-state index < -0.39 is 0 Å². The average Bonchev–Trinajstić information content (AvgIpc) is 3.43. The molecule has 5 rings (SSSR count). The Hall–Kier alpha value is -3.98. The van der Waals surface area contributed by atoms with Crippen LogP contribution in [0.2, 0.25) is 0 Å². The van der Waals surface area contributed by atoms with E-state index in [9.17, 15) is 4.79 Å². The Morgan fingerprint density at radius 2 is 1.88 bits per heavy atom. The fraction of sp³-hybridized carbons (Fsp3) is 0.120. The number of carbonyl (C=O) groups excluding carboxylic acids is 1. The first-order chi connectivity index (χ1) is 16.6. The molecule has 1 N–H and O–H groups in total. The quantitative estimate of drug-likeness (QED) is 0.327. The van der Waals surface area contributed by atoms with Crippen LogP contribution in [-0.4, -0.2) is 30.5 Å². The fourth-order valence-corrected chi connectivity index (χ4v) is 4.02. The number of amides is 1. The number of rotatable bonds is 7. The van der Waals surface area contributed by atoms with Gasteiger partial charge < -0.3 is 10.1 Å². The van der Waals surface area contributed by atoms with E-state index in [1.807, 2.05) is 55.5 Å². The molecule has 0 aliphatic rings. The Bertz CT molecular complexity index is 1440. The van der Waals surface area contributed by atoms with Crippen molar-refractivity contribution < 1.29 is 9.53 Å². The largest absolute Gasteiger partial charge is 0.471 e. The van der Waals surface area contributed by atoms with Crippen LogP contribution in [0.25, 0.3) is 22.2 Å². The lowest BCUT2D eigenvalue weighted by atomic mass is 10.0. The highest BCUT2D eigenvalue weighted by molar-refractivity contribution is 9.10. The number of halogens is 1. The summed E-state index contributed by atoms with van der Waals surface area (Å²) in [6.07, 6.45) is 5.05. The maximum absolute atomic E-state index is 12.7. The fourth-order valence-electron chi connectivity index (χ4n) is 3.76. The standard InChI is InChI=1S/C25H21BrN6O2/c1-17-24-22(18-5-3-2-4-6-18)11-12-27-25(24)32(30-17)15-23(33)29-20-13-28-31(14-20)16-34-21-9-7-19(26)8-10-21/h2-14H,15-16H2,1H3,(H,29,33). The summed E-state index contributed by atoms with van der Waals surface area (Å²) in [5.41, 5.74) is 4.21. The van der Waals surface area contributed by atoms with E-state index in [1.165, 1.54) is 0 Å². The number of pyridine rings is 1. The summed E-state index contributed by atoms with van der Waals surface area (Å²) in [6.45, 7) is 2.20. The van der Waals surface area contributed by atoms with Gasteiger partial charge in [0.25, 0.3) is 0 Å². The summed E-state index contributed by atoms with van der Waals surface area (Å²) in [5.74, 6) is 0.511. The minimum absolute atomic E-state index is 0.0379. The first kappa shape index (κ1) is 21.8. The van der Waals surface area contributed by atoms with Crippen LogP contribution in [0.4, 0.5) is 5.69 Å². The van der Waals surface area contributed by atoms with Crippen molar-refractivity contribution in [1.82, 2.24) is 24.5 Å². The Kier molecular flexibility index (Phi) is 6.09. The summed E-state index contributed by atoms with van der Waals surface area (Å²) in [5, 5.41) is 12.6. The van der Waals surface area contributed by atoms with Crippen LogP contribution in [0.1, 0.15) is 5.69 Å². The highest BCUT2D eigenvalue weighted by Gasteiger charge is 2.16. The topological polar surface area (TPSA) is 86.9 Å². The molecule has 5 aromatic rings. The molecule has 2 aromatic carbocycles. The van der Waals surface area contributed by atoms with Crippen LogP contribution in [0.5, 0.6) is 5.75 Å². The molecule has 3 aromatic heterocycles. The molecule has 0 saturated carbocycles. The highest BCUT2D eigenvalue weighted by atomic mass is 79.9. The molecule has 3 heterocycles. The molecule has 0 bridgehead atoms. The molecule has 0 spiro atoms. The molecule has 0 fully saturated rings. The zero-order valence-electron chi connectivity index (χ0n) is 18.4. The van der Waals surface area contributed by atoms with Gasteiger partial charge in [-0.1, -0.05) is 46.3 Å². The van der Waals surface area contributed by atoms with Crippen LogP contribution in [-0.2, 0) is 18.1 Å². The van der Waals surface area contributed by atoms with E-state index in [0.29, 0.717) is 11.3 Å². The molecule has 8 nitrogen and oxygen atoms in total. The third-order valence-electron chi connectivity index (χ3n) is 5.28. The van der Waals surface area contributed by atoms with Crippen LogP contribution < -0.4 is 10.1 Å². The summed E-state index contributed by atoms with van der Waals surface area (Å²) in [4.78, 5) is 17.2. The molecule has 0 saturated heterocycles. The van der Waals surface area contributed by atoms with Crippen molar-refractivity contribution in [3.8, 4) is 16.9 Å². The van der Waals surface area contributed by atoms with E-state index in [-0.39, 0.29) is 19.2 Å². The third-order valence-corrected chi connectivity index (χ3v) is 5.81. The Morgan fingerprint density at radius 3 is 2.68 bits per heavy atom. The Morgan fingerprint density at radius 1 is 1.09 bits per heavy atom. The molecule has 0 radical (unpaired) electrons. The molecule has 0 aliphatic carbocycles. The third kappa shape index (κ3) is 4.69. The lowest BCUT2D eigenvalue weighted by Gasteiger charge is -2.06. The zero-order chi connectivity index (χ0) is 23.5. The van der Waals surface area contributed by atoms with Gasteiger partial charge in [0.2, 0.25) is 5.91 Å². The second-order valence-corrected chi connectivity index (χ2v) is 8.63. The van der Waals surface area contributed by atoms with Gasteiger partial charge in [-0.2, -0.15) is 10.2 Å². The molecular formula is C25H21BrN6O2. The molecule has 170 valence electrons. The number of anilines is 1. The van der Waals surface area contributed by atoms with Crippen LogP contribution >= 0.6 is 15.9 Å². The van der Waals surface area contributed by atoms with Gasteiger partial charge in [0.15, 0.2) is 12.4 Å². The number of nitrogens with zero attached hydrogens (tertiary/aromatic N) is 5. The number of benzene rings is 2. The predicted octanol–water partition coefficient (Wildman–Crippen LogP) is 5.04. The highest BCUT2D eigenvalue weighted by Crippen LogP contribution is 2.29. The number of aromatic nitrogens is 5. The molecular weight excluding hydrogens is 496 g/mol. The van der Waals surface area contributed by atoms with Gasteiger partial charge in [-0.05, 0) is 48.4 Å². The van der Waals surface area contributed by atoms with Gasteiger partial charge in [0.1, 0.15) is 12.3 Å². The summed E-state index contributed by atoms with van der Waals surface area (Å²) < 4.78 is 9.93. The van der Waals surface area contributed by atoms with E-state index in [2.05, 4.69) is 48.6 Å². The smallest absolute Gasteiger partial charge is 0.246 e. The number of aryl methyl sites for hydroxylation is 1. The lowest BCUT2D eigenvalue weighted by molar-refractivity contribution is -0.116. The van der Waals surface area contributed by atoms with Crippen LogP contribution in [0.3, 0.4) is 0 Å². The number of carbonyl (C=O) groups is 1. The average molecular weight is 517 g/mol. The van der Waals surface area contributed by atoms with E-state index in [1.54, 1.807) is 28.0 Å². The Labute approximate surface area is 204 Å². The molecule has 34 heavy (non-hydrogen) atoms. The van der Waals surface area contributed by atoms with E-state index in [4.69, 9.17) is 4.74 Å². The Balaban J connectivity index is 1.27. The second kappa shape index (κ2) is 9.48. The zero-order valence-corrected chi connectivity index (χ0v) is 19.9. The van der Waals surface area contributed by atoms with Crippen molar-refractivity contribution >= 4 is 38.6 Å². The second-order valence-electron chi connectivity index (χ2n) is 7.71. The summed E-state index contributed by atoms with van der Waals surface area (Å²) in [7, 11) is 0. The number of nitrogens with one attached hydrogen (secondary N) is 1. The van der Waals surface area contributed by atoms with Crippen molar-refractivity contribution in [2.45, 2.75) is 20.2 Å². The van der Waals surface area contributed by atoms with E-state index in [0.717, 1.165) is 32.4 Å². The van der Waals surface area contributed by atoms with Crippen molar-refractivity contribution in [3.05, 3.63) is 89.4 Å². The van der Waals surface area contributed by atoms with Crippen molar-refractivity contribution in [1.29, 1.82) is 0 Å². The minimum atomic E-state index is -0.218. The summed E-state index contributed by atoms with van der Waals surface area (Å²) >= 11 is 3.40. The molecule has 1 amide bonds. The van der Waals surface area contributed by atoms with Gasteiger partial charge >= 0.3 is 0 Å². The van der Waals surface area contributed by atoms with Gasteiger partial charge in [0, 0.05) is 16.1 Å². The van der Waals surface area contributed by atoms with Crippen LogP contribution in [0.15, 0.2) is 83.7 Å². The first-order valence-electron chi connectivity index (χ1n) is 10.6. The van der Waals surface area contributed by atoms with Gasteiger partial charge in [0.05, 0.1) is 23.8 Å². The number of fused-ring (bicyclic) bond motifs is 1. The normalized spacial score (nSPS) is 11.0. The monoisotopic (exact) mass is 516 g/mol.